The number of aromatic nitrogens is 1. The second-order valence-electron chi connectivity index (χ2n) is 7.31. The fraction of sp³-hybridized carbons (Fsp3) is 0.0370. The smallest absolute Gasteiger partial charge is 0.256 e. The summed E-state index contributed by atoms with van der Waals surface area (Å²) in [4.78, 5) is 18.1. The third-order valence-electron chi connectivity index (χ3n) is 5.28. The number of furan rings is 1. The van der Waals surface area contributed by atoms with Gasteiger partial charge in [-0.05, 0) is 54.6 Å². The standard InChI is InChI=1S/C27H20N2O3/c1-31-21-13-14-22-23(17-24(29-25(22)16-21)18-6-3-2-4-7-18)27(30)28-20-11-9-19(10-12-20)26-8-5-15-32-26/h2-17H,1H3,(H,28,30). The number of pyridine rings is 1. The van der Waals surface area contributed by atoms with Crippen molar-refractivity contribution in [2.24, 2.45) is 0 Å². The van der Waals surface area contributed by atoms with Crippen LogP contribution in [0.4, 0.5) is 5.69 Å². The van der Waals surface area contributed by atoms with Crippen molar-refractivity contribution in [2.75, 3.05) is 12.4 Å². The molecule has 3 aromatic carbocycles. The maximum Gasteiger partial charge on any atom is 0.256 e. The van der Waals surface area contributed by atoms with Crippen molar-refractivity contribution in [1.29, 1.82) is 0 Å². The zero-order chi connectivity index (χ0) is 21.9. The highest BCUT2D eigenvalue weighted by atomic mass is 16.5. The van der Waals surface area contributed by atoms with Gasteiger partial charge in [-0.3, -0.25) is 4.79 Å². The first-order valence-electron chi connectivity index (χ1n) is 10.2. The number of benzene rings is 3. The summed E-state index contributed by atoms with van der Waals surface area (Å²) >= 11 is 0. The number of anilines is 1. The van der Waals surface area contributed by atoms with Crippen LogP contribution < -0.4 is 10.1 Å². The molecule has 0 fully saturated rings. The van der Waals surface area contributed by atoms with Crippen LogP contribution in [0.15, 0.2) is 102 Å². The lowest BCUT2D eigenvalue weighted by Crippen LogP contribution is -2.13. The van der Waals surface area contributed by atoms with Gasteiger partial charge in [0.2, 0.25) is 0 Å². The predicted octanol–water partition coefficient (Wildman–Crippen LogP) is 6.42. The van der Waals surface area contributed by atoms with Crippen LogP contribution in [-0.4, -0.2) is 18.0 Å². The molecule has 5 heteroatoms. The Morgan fingerprint density at radius 3 is 2.41 bits per heavy atom. The zero-order valence-electron chi connectivity index (χ0n) is 17.4. The maximum atomic E-state index is 13.3. The summed E-state index contributed by atoms with van der Waals surface area (Å²) < 4.78 is 10.8. The molecule has 0 radical (unpaired) electrons. The number of hydrogen-bond acceptors (Lipinski definition) is 4. The van der Waals surface area contributed by atoms with E-state index in [1.807, 2.05) is 91.0 Å². The topological polar surface area (TPSA) is 64.4 Å². The van der Waals surface area contributed by atoms with Crippen LogP contribution in [-0.2, 0) is 0 Å². The minimum atomic E-state index is -0.203. The summed E-state index contributed by atoms with van der Waals surface area (Å²) in [5.74, 6) is 1.27. The number of carbonyl (C=O) groups excluding carboxylic acids is 1. The van der Waals surface area contributed by atoms with Gasteiger partial charge in [-0.15, -0.1) is 0 Å². The average molecular weight is 420 g/mol. The van der Waals surface area contributed by atoms with Crippen molar-refractivity contribution in [3.8, 4) is 28.3 Å². The molecule has 32 heavy (non-hydrogen) atoms. The molecule has 0 aliphatic carbocycles. The molecular formula is C27H20N2O3. The van der Waals surface area contributed by atoms with Crippen LogP contribution in [0.1, 0.15) is 10.4 Å². The molecular weight excluding hydrogens is 400 g/mol. The zero-order valence-corrected chi connectivity index (χ0v) is 17.4. The number of hydrogen-bond donors (Lipinski definition) is 1. The highest BCUT2D eigenvalue weighted by molar-refractivity contribution is 6.13. The summed E-state index contributed by atoms with van der Waals surface area (Å²) in [6, 6.07) is 28.5. The van der Waals surface area contributed by atoms with Gasteiger partial charge in [0.25, 0.3) is 5.91 Å². The minimum Gasteiger partial charge on any atom is -0.497 e. The highest BCUT2D eigenvalue weighted by Gasteiger charge is 2.15. The number of rotatable bonds is 5. The predicted molar refractivity (Wildman–Crippen MR) is 126 cm³/mol. The van der Waals surface area contributed by atoms with E-state index in [1.54, 1.807) is 13.4 Å². The Kier molecular flexibility index (Phi) is 5.14. The van der Waals surface area contributed by atoms with Gasteiger partial charge >= 0.3 is 0 Å². The third kappa shape index (κ3) is 3.84. The normalized spacial score (nSPS) is 10.8. The highest BCUT2D eigenvalue weighted by Crippen LogP contribution is 2.28. The molecule has 0 aliphatic rings. The van der Waals surface area contributed by atoms with Gasteiger partial charge in [0.1, 0.15) is 11.5 Å². The van der Waals surface area contributed by atoms with E-state index in [2.05, 4.69) is 5.32 Å². The van der Waals surface area contributed by atoms with Gasteiger partial charge in [-0.2, -0.15) is 0 Å². The molecule has 0 saturated carbocycles. The number of carbonyl (C=O) groups is 1. The van der Waals surface area contributed by atoms with Gasteiger partial charge in [0.15, 0.2) is 0 Å². The van der Waals surface area contributed by atoms with E-state index < -0.39 is 0 Å². The molecule has 0 saturated heterocycles. The first kappa shape index (κ1) is 19.6. The van der Waals surface area contributed by atoms with Crippen molar-refractivity contribution in [1.82, 2.24) is 4.98 Å². The second-order valence-corrected chi connectivity index (χ2v) is 7.31. The van der Waals surface area contributed by atoms with E-state index >= 15 is 0 Å². The van der Waals surface area contributed by atoms with E-state index in [0.717, 1.165) is 28.0 Å². The Hall–Kier alpha value is -4.38. The molecule has 5 nitrogen and oxygen atoms in total. The molecule has 0 unspecified atom stereocenters. The molecule has 156 valence electrons. The molecule has 1 amide bonds. The summed E-state index contributed by atoms with van der Waals surface area (Å²) in [6.45, 7) is 0. The number of nitrogens with zero attached hydrogens (tertiary/aromatic N) is 1. The van der Waals surface area contributed by atoms with Gasteiger partial charge < -0.3 is 14.5 Å². The Balaban J connectivity index is 1.52. The summed E-state index contributed by atoms with van der Waals surface area (Å²) in [6.07, 6.45) is 1.64. The van der Waals surface area contributed by atoms with Crippen LogP contribution in [0.2, 0.25) is 0 Å². The van der Waals surface area contributed by atoms with Gasteiger partial charge in [-0.1, -0.05) is 30.3 Å². The number of fused-ring (bicyclic) bond motifs is 1. The van der Waals surface area contributed by atoms with E-state index in [4.69, 9.17) is 14.1 Å². The molecule has 0 atom stereocenters. The molecule has 0 bridgehead atoms. The molecule has 1 N–H and O–H groups in total. The van der Waals surface area contributed by atoms with Gasteiger partial charge in [0.05, 0.1) is 30.1 Å². The van der Waals surface area contributed by atoms with E-state index in [-0.39, 0.29) is 5.91 Å². The van der Waals surface area contributed by atoms with Crippen molar-refractivity contribution < 1.29 is 13.9 Å². The maximum absolute atomic E-state index is 13.3. The Labute approximate surface area is 185 Å². The Bertz CT molecular complexity index is 1380. The summed E-state index contributed by atoms with van der Waals surface area (Å²) in [7, 11) is 1.61. The number of nitrogens with one attached hydrogen (secondary N) is 1. The lowest BCUT2D eigenvalue weighted by Gasteiger charge is -2.12. The molecule has 5 aromatic rings. The molecule has 0 spiro atoms. The van der Waals surface area contributed by atoms with Crippen molar-refractivity contribution in [2.45, 2.75) is 0 Å². The second kappa shape index (κ2) is 8.40. The minimum absolute atomic E-state index is 0.203. The fourth-order valence-electron chi connectivity index (χ4n) is 3.64. The molecule has 5 rings (SSSR count). The summed E-state index contributed by atoms with van der Waals surface area (Å²) in [5.41, 5.74) is 4.56. The van der Waals surface area contributed by atoms with Crippen LogP contribution in [0, 0.1) is 0 Å². The average Bonchev–Trinajstić information content (AvgIpc) is 3.39. The van der Waals surface area contributed by atoms with Crippen LogP contribution in [0.3, 0.4) is 0 Å². The van der Waals surface area contributed by atoms with E-state index in [0.29, 0.717) is 22.5 Å². The Morgan fingerprint density at radius 1 is 0.875 bits per heavy atom. The SMILES string of the molecule is COc1ccc2c(C(=O)Nc3ccc(-c4ccco4)cc3)cc(-c3ccccc3)nc2c1. The molecule has 2 heterocycles. The van der Waals surface area contributed by atoms with Gasteiger partial charge in [0, 0.05) is 28.3 Å². The first-order valence-corrected chi connectivity index (χ1v) is 10.2. The summed E-state index contributed by atoms with van der Waals surface area (Å²) in [5, 5.41) is 3.76. The Morgan fingerprint density at radius 2 is 1.69 bits per heavy atom. The lowest BCUT2D eigenvalue weighted by molar-refractivity contribution is 0.102. The quantitative estimate of drug-likeness (QED) is 0.356. The van der Waals surface area contributed by atoms with Crippen molar-refractivity contribution >= 4 is 22.5 Å². The monoisotopic (exact) mass is 420 g/mol. The largest absolute Gasteiger partial charge is 0.497 e. The van der Waals surface area contributed by atoms with Gasteiger partial charge in [-0.25, -0.2) is 4.98 Å². The lowest BCUT2D eigenvalue weighted by atomic mass is 10.0. The van der Waals surface area contributed by atoms with Crippen molar-refractivity contribution in [3.63, 3.8) is 0 Å². The third-order valence-corrected chi connectivity index (χ3v) is 5.28. The fourth-order valence-corrected chi connectivity index (χ4v) is 3.64. The van der Waals surface area contributed by atoms with E-state index in [1.165, 1.54) is 0 Å². The number of ether oxygens (including phenoxy) is 1. The van der Waals surface area contributed by atoms with Crippen LogP contribution in [0.25, 0.3) is 33.5 Å². The number of methoxy groups -OCH3 is 1. The molecule has 0 aliphatic heterocycles. The van der Waals surface area contributed by atoms with Crippen LogP contribution in [0.5, 0.6) is 5.75 Å². The van der Waals surface area contributed by atoms with E-state index in [9.17, 15) is 4.79 Å². The van der Waals surface area contributed by atoms with Crippen LogP contribution >= 0.6 is 0 Å². The van der Waals surface area contributed by atoms with Crippen molar-refractivity contribution in [3.05, 3.63) is 103 Å². The molecule has 2 aromatic heterocycles. The number of amides is 1. The first-order chi connectivity index (χ1) is 15.7.